The Morgan fingerprint density at radius 2 is 1.46 bits per heavy atom. The molecule has 0 saturated carbocycles. The zero-order valence-electron chi connectivity index (χ0n) is 14.3. The van der Waals surface area contributed by atoms with Gasteiger partial charge >= 0.3 is 0 Å². The molecule has 0 spiro atoms. The fourth-order valence-corrected chi connectivity index (χ4v) is 3.96. The summed E-state index contributed by atoms with van der Waals surface area (Å²) in [6.45, 7) is 1.97. The fourth-order valence-electron chi connectivity index (χ4n) is 3.96. The largest absolute Gasteiger partial charge is 0.282 e. The highest BCUT2D eigenvalue weighted by Gasteiger charge is 2.34. The summed E-state index contributed by atoms with van der Waals surface area (Å²) < 4.78 is 0. The standard InChI is InChI=1S/C22H16N2O2/c1-13-4-2-3-5-16(13)12-23-24-21(25)17-10-8-14-6-7-15-9-11-18(22(24)26)20(17)19(14)15/h2-5,8-12H,6-7H2,1H3. The first-order chi connectivity index (χ1) is 12.6. The van der Waals surface area contributed by atoms with Crippen LogP contribution in [0.15, 0.2) is 53.6 Å². The van der Waals surface area contributed by atoms with E-state index in [1.54, 1.807) is 6.21 Å². The van der Waals surface area contributed by atoms with E-state index in [2.05, 4.69) is 5.10 Å². The molecule has 3 aromatic rings. The summed E-state index contributed by atoms with van der Waals surface area (Å²) in [6.07, 6.45) is 3.51. The number of benzene rings is 3. The second-order valence-corrected chi connectivity index (χ2v) is 6.82. The van der Waals surface area contributed by atoms with Crippen LogP contribution in [-0.4, -0.2) is 23.0 Å². The lowest BCUT2D eigenvalue weighted by atomic mass is 9.92. The summed E-state index contributed by atoms with van der Waals surface area (Å²) >= 11 is 0. The molecule has 0 unspecified atom stereocenters. The Balaban J connectivity index is 1.65. The topological polar surface area (TPSA) is 49.7 Å². The molecule has 1 aliphatic heterocycles. The van der Waals surface area contributed by atoms with Gasteiger partial charge < -0.3 is 0 Å². The number of rotatable bonds is 2. The molecule has 1 heterocycles. The molecule has 0 saturated heterocycles. The molecule has 1 aliphatic carbocycles. The van der Waals surface area contributed by atoms with Gasteiger partial charge in [-0.15, -0.1) is 0 Å². The molecule has 4 nitrogen and oxygen atoms in total. The van der Waals surface area contributed by atoms with Gasteiger partial charge in [-0.1, -0.05) is 36.4 Å². The Morgan fingerprint density at radius 3 is 2.08 bits per heavy atom. The molecule has 0 fully saturated rings. The van der Waals surface area contributed by atoms with E-state index in [-0.39, 0.29) is 11.8 Å². The maximum atomic E-state index is 13.0. The number of amides is 2. The zero-order valence-corrected chi connectivity index (χ0v) is 14.3. The minimum Gasteiger partial charge on any atom is -0.267 e. The molecular formula is C22H16N2O2. The van der Waals surface area contributed by atoms with E-state index < -0.39 is 0 Å². The number of nitrogens with zero attached hydrogens (tertiary/aromatic N) is 2. The minimum atomic E-state index is -0.358. The average molecular weight is 340 g/mol. The lowest BCUT2D eigenvalue weighted by Crippen LogP contribution is -2.36. The molecule has 2 amide bonds. The number of hydrogen-bond donors (Lipinski definition) is 0. The van der Waals surface area contributed by atoms with Crippen molar-refractivity contribution in [1.82, 2.24) is 5.01 Å². The van der Waals surface area contributed by atoms with Gasteiger partial charge in [0.2, 0.25) is 0 Å². The van der Waals surface area contributed by atoms with E-state index >= 15 is 0 Å². The van der Waals surface area contributed by atoms with Crippen molar-refractivity contribution in [3.63, 3.8) is 0 Å². The second-order valence-electron chi connectivity index (χ2n) is 6.82. The molecule has 3 aromatic carbocycles. The molecule has 0 bridgehead atoms. The highest BCUT2D eigenvalue weighted by Crippen LogP contribution is 2.38. The summed E-state index contributed by atoms with van der Waals surface area (Å²) in [5.74, 6) is -0.717. The maximum Gasteiger partial charge on any atom is 0.282 e. The predicted octanol–water partition coefficient (Wildman–Crippen LogP) is 3.88. The third-order valence-corrected chi connectivity index (χ3v) is 5.34. The van der Waals surface area contributed by atoms with Crippen molar-refractivity contribution in [3.05, 3.63) is 81.9 Å². The van der Waals surface area contributed by atoms with Crippen LogP contribution in [0.5, 0.6) is 0 Å². The van der Waals surface area contributed by atoms with Crippen molar-refractivity contribution in [3.8, 4) is 0 Å². The van der Waals surface area contributed by atoms with Gasteiger partial charge in [0.15, 0.2) is 0 Å². The van der Waals surface area contributed by atoms with E-state index in [0.29, 0.717) is 11.1 Å². The smallest absolute Gasteiger partial charge is 0.267 e. The quantitative estimate of drug-likeness (QED) is 0.525. The predicted molar refractivity (Wildman–Crippen MR) is 101 cm³/mol. The monoisotopic (exact) mass is 340 g/mol. The van der Waals surface area contributed by atoms with Crippen molar-refractivity contribution in [1.29, 1.82) is 0 Å². The molecule has 0 aromatic heterocycles. The Hall–Kier alpha value is -3.27. The summed E-state index contributed by atoms with van der Waals surface area (Å²) in [4.78, 5) is 25.9. The van der Waals surface area contributed by atoms with Gasteiger partial charge in [0, 0.05) is 5.39 Å². The SMILES string of the molecule is Cc1ccccc1C=NN1C(=O)c2ccc3c4c(ccc(c24)C1=O)CC3. The Labute approximate surface area is 150 Å². The number of hydrogen-bond acceptors (Lipinski definition) is 3. The van der Waals surface area contributed by atoms with E-state index in [1.807, 2.05) is 55.5 Å². The number of imide groups is 1. The van der Waals surface area contributed by atoms with E-state index in [9.17, 15) is 9.59 Å². The van der Waals surface area contributed by atoms with Gasteiger partial charge in [0.05, 0.1) is 17.3 Å². The number of carbonyl (C=O) groups is 2. The van der Waals surface area contributed by atoms with Crippen LogP contribution in [0.1, 0.15) is 43.0 Å². The van der Waals surface area contributed by atoms with Crippen LogP contribution in [0.4, 0.5) is 0 Å². The summed E-state index contributed by atoms with van der Waals surface area (Å²) in [6, 6.07) is 15.4. The maximum absolute atomic E-state index is 13.0. The molecule has 0 atom stereocenters. The second kappa shape index (κ2) is 5.36. The van der Waals surface area contributed by atoms with Crippen LogP contribution in [0.3, 0.4) is 0 Å². The summed E-state index contributed by atoms with van der Waals surface area (Å²) in [7, 11) is 0. The van der Waals surface area contributed by atoms with Crippen LogP contribution in [-0.2, 0) is 12.8 Å². The molecule has 126 valence electrons. The zero-order chi connectivity index (χ0) is 17.8. The first kappa shape index (κ1) is 15.0. The van der Waals surface area contributed by atoms with Gasteiger partial charge in [-0.3, -0.25) is 9.59 Å². The number of aryl methyl sites for hydroxylation is 3. The highest BCUT2D eigenvalue weighted by molar-refractivity contribution is 6.26. The van der Waals surface area contributed by atoms with Crippen LogP contribution in [0.25, 0.3) is 10.8 Å². The molecule has 0 radical (unpaired) electrons. The molecule has 2 aliphatic rings. The van der Waals surface area contributed by atoms with Crippen LogP contribution in [0, 0.1) is 6.92 Å². The lowest BCUT2D eigenvalue weighted by Gasteiger charge is -2.23. The Kier molecular flexibility index (Phi) is 3.10. The van der Waals surface area contributed by atoms with Gasteiger partial charge in [-0.25, -0.2) is 0 Å². The third-order valence-electron chi connectivity index (χ3n) is 5.34. The summed E-state index contributed by atoms with van der Waals surface area (Å²) in [5.41, 5.74) is 5.48. The van der Waals surface area contributed by atoms with E-state index in [0.717, 1.165) is 39.7 Å². The van der Waals surface area contributed by atoms with Gasteiger partial charge in [-0.05, 0) is 59.5 Å². The minimum absolute atomic E-state index is 0.358. The normalized spacial score (nSPS) is 15.5. The number of carbonyl (C=O) groups excluding carboxylic acids is 2. The molecule has 0 N–H and O–H groups in total. The lowest BCUT2D eigenvalue weighted by molar-refractivity contribution is 0.0616. The van der Waals surface area contributed by atoms with Gasteiger partial charge in [0.1, 0.15) is 0 Å². The molecular weight excluding hydrogens is 324 g/mol. The highest BCUT2D eigenvalue weighted by atomic mass is 16.2. The molecule has 5 rings (SSSR count). The van der Waals surface area contributed by atoms with Gasteiger partial charge in [-0.2, -0.15) is 10.1 Å². The third kappa shape index (κ3) is 1.99. The van der Waals surface area contributed by atoms with Crippen molar-refractivity contribution in [2.45, 2.75) is 19.8 Å². The van der Waals surface area contributed by atoms with Crippen molar-refractivity contribution >= 4 is 28.8 Å². The van der Waals surface area contributed by atoms with Crippen LogP contribution in [0.2, 0.25) is 0 Å². The van der Waals surface area contributed by atoms with E-state index in [4.69, 9.17) is 0 Å². The van der Waals surface area contributed by atoms with Crippen molar-refractivity contribution in [2.75, 3.05) is 0 Å². The van der Waals surface area contributed by atoms with Gasteiger partial charge in [0.25, 0.3) is 11.8 Å². The first-order valence-corrected chi connectivity index (χ1v) is 8.71. The summed E-state index contributed by atoms with van der Waals surface area (Å²) in [5, 5.41) is 7.11. The van der Waals surface area contributed by atoms with E-state index in [1.165, 1.54) is 11.1 Å². The fraction of sp³-hybridized carbons (Fsp3) is 0.136. The van der Waals surface area contributed by atoms with Crippen LogP contribution < -0.4 is 0 Å². The van der Waals surface area contributed by atoms with Crippen LogP contribution >= 0.6 is 0 Å². The first-order valence-electron chi connectivity index (χ1n) is 8.71. The number of hydrazone groups is 1. The average Bonchev–Trinajstić information content (AvgIpc) is 3.08. The van der Waals surface area contributed by atoms with Crippen molar-refractivity contribution < 1.29 is 9.59 Å². The Bertz CT molecular complexity index is 1090. The molecule has 4 heteroatoms. The van der Waals surface area contributed by atoms with Crippen molar-refractivity contribution in [2.24, 2.45) is 5.10 Å². The Morgan fingerprint density at radius 1 is 0.846 bits per heavy atom. The molecule has 26 heavy (non-hydrogen) atoms.